The third-order valence-electron chi connectivity index (χ3n) is 6.81. The van der Waals surface area contributed by atoms with Crippen LogP contribution in [0.15, 0.2) is 60.7 Å². The predicted molar refractivity (Wildman–Crippen MR) is 131 cm³/mol. The quantitative estimate of drug-likeness (QED) is 0.442. The molecule has 1 aliphatic rings. The highest BCUT2D eigenvalue weighted by Crippen LogP contribution is 2.54. The summed E-state index contributed by atoms with van der Waals surface area (Å²) in [5.41, 5.74) is -1.46. The average molecular weight is 529 g/mol. The van der Waals surface area contributed by atoms with Crippen LogP contribution < -0.4 is 0 Å². The van der Waals surface area contributed by atoms with Crippen LogP contribution in [0.5, 0.6) is 0 Å². The summed E-state index contributed by atoms with van der Waals surface area (Å²) in [7, 11) is 0. The number of likely N-dealkylation sites (tertiary alicyclic amines) is 1. The first-order valence-electron chi connectivity index (χ1n) is 11.0. The molecule has 1 aliphatic heterocycles. The molecule has 36 heavy (non-hydrogen) atoms. The molecule has 5 nitrogen and oxygen atoms in total. The maximum Gasteiger partial charge on any atom is 0.327 e. The van der Waals surface area contributed by atoms with E-state index in [0.717, 1.165) is 16.5 Å². The van der Waals surface area contributed by atoms with Crippen LogP contribution in [0.3, 0.4) is 0 Å². The Hall–Kier alpha value is -3.47. The highest BCUT2D eigenvalue weighted by Gasteiger charge is 2.64. The summed E-state index contributed by atoms with van der Waals surface area (Å²) in [6.07, 6.45) is 0. The fraction of sp³-hybridized carbons (Fsp3) is 0.222. The van der Waals surface area contributed by atoms with Gasteiger partial charge in [0, 0.05) is 22.1 Å². The molecule has 1 fully saturated rings. The summed E-state index contributed by atoms with van der Waals surface area (Å²) in [6.45, 7) is 3.23. The number of nitrogens with zero attached hydrogens (tertiary/aromatic N) is 2. The number of halogens is 4. The molecule has 0 bridgehead atoms. The van der Waals surface area contributed by atoms with E-state index in [4.69, 9.17) is 23.2 Å². The van der Waals surface area contributed by atoms with E-state index in [-0.39, 0.29) is 26.7 Å². The van der Waals surface area contributed by atoms with Crippen LogP contribution in [0, 0.1) is 29.9 Å². The van der Waals surface area contributed by atoms with Gasteiger partial charge in [0.05, 0.1) is 17.1 Å². The summed E-state index contributed by atoms with van der Waals surface area (Å²) < 4.78 is 30.8. The van der Waals surface area contributed by atoms with Crippen molar-refractivity contribution in [1.82, 2.24) is 4.90 Å². The Kier molecular flexibility index (Phi) is 6.78. The van der Waals surface area contributed by atoms with Gasteiger partial charge in [0.25, 0.3) is 5.91 Å². The van der Waals surface area contributed by atoms with Gasteiger partial charge in [0.15, 0.2) is 0 Å². The number of hydrogen-bond donors (Lipinski definition) is 1. The van der Waals surface area contributed by atoms with E-state index in [1.54, 1.807) is 25.1 Å². The molecule has 1 saturated heterocycles. The Bertz CT molecular complexity index is 1420. The molecular formula is C27H20Cl2F2N2O3. The van der Waals surface area contributed by atoms with Crippen molar-refractivity contribution in [2.75, 3.05) is 0 Å². The lowest BCUT2D eigenvalue weighted by Gasteiger charge is -2.34. The molecule has 3 aromatic carbocycles. The first-order valence-corrected chi connectivity index (χ1v) is 11.7. The number of nitriles is 1. The van der Waals surface area contributed by atoms with Crippen molar-refractivity contribution >= 4 is 35.1 Å². The summed E-state index contributed by atoms with van der Waals surface area (Å²) >= 11 is 12.0. The smallest absolute Gasteiger partial charge is 0.327 e. The van der Waals surface area contributed by atoms with Crippen molar-refractivity contribution in [1.29, 1.82) is 5.26 Å². The van der Waals surface area contributed by atoms with Gasteiger partial charge in [-0.15, -0.1) is 0 Å². The number of aryl methyl sites for hydroxylation is 1. The van der Waals surface area contributed by atoms with Crippen molar-refractivity contribution in [2.45, 2.75) is 37.3 Å². The van der Waals surface area contributed by atoms with Crippen molar-refractivity contribution in [3.05, 3.63) is 105 Å². The van der Waals surface area contributed by atoms with Crippen molar-refractivity contribution in [2.24, 2.45) is 0 Å². The van der Waals surface area contributed by atoms with Crippen molar-refractivity contribution in [3.63, 3.8) is 0 Å². The third kappa shape index (κ3) is 3.91. The number of hydrogen-bond acceptors (Lipinski definition) is 3. The van der Waals surface area contributed by atoms with E-state index in [9.17, 15) is 20.0 Å². The Morgan fingerprint density at radius 2 is 1.78 bits per heavy atom. The molecule has 0 aliphatic carbocycles. The Balaban J connectivity index is 2.07. The second kappa shape index (κ2) is 9.53. The van der Waals surface area contributed by atoms with Gasteiger partial charge in [-0.2, -0.15) is 5.26 Å². The first-order chi connectivity index (χ1) is 17.0. The minimum Gasteiger partial charge on any atom is -0.480 e. The standard InChI is InChI=1S/C27H20Cl2F2N2O3/c1-14-5-3-6-16(11-14)25(34)33-15(2)27(13-32,19-10-9-17(28)12-21(19)30)22(24(33)26(35)36)18-7-4-8-20(29)23(18)31/h3-12,15,22,24H,1-2H3,(H,35,36). The lowest BCUT2D eigenvalue weighted by atomic mass is 9.65. The molecule has 3 aromatic rings. The molecule has 0 aromatic heterocycles. The monoisotopic (exact) mass is 528 g/mol. The zero-order valence-electron chi connectivity index (χ0n) is 19.2. The lowest BCUT2D eigenvalue weighted by molar-refractivity contribution is -0.142. The van der Waals surface area contributed by atoms with Crippen LogP contribution >= 0.6 is 23.2 Å². The maximum absolute atomic E-state index is 15.4. The SMILES string of the molecule is Cc1cccc(C(=O)N2C(C(=O)O)C(c3cccc(Cl)c3F)C(C#N)(c3ccc(Cl)cc3F)C2C)c1. The molecule has 9 heteroatoms. The van der Waals surface area contributed by atoms with Gasteiger partial charge in [-0.05, 0) is 49.7 Å². The van der Waals surface area contributed by atoms with Crippen LogP contribution in [-0.4, -0.2) is 34.0 Å². The maximum atomic E-state index is 15.4. The number of rotatable bonds is 4. The van der Waals surface area contributed by atoms with Crippen LogP contribution in [0.25, 0.3) is 0 Å². The van der Waals surface area contributed by atoms with E-state index >= 15 is 8.78 Å². The largest absolute Gasteiger partial charge is 0.480 e. The lowest BCUT2D eigenvalue weighted by Crippen LogP contribution is -2.46. The molecule has 1 amide bonds. The number of carbonyl (C=O) groups excluding carboxylic acids is 1. The molecule has 0 spiro atoms. The highest BCUT2D eigenvalue weighted by atomic mass is 35.5. The molecule has 184 valence electrons. The molecular weight excluding hydrogens is 509 g/mol. The van der Waals surface area contributed by atoms with Gasteiger partial charge >= 0.3 is 5.97 Å². The van der Waals surface area contributed by atoms with Gasteiger partial charge in [-0.3, -0.25) is 4.79 Å². The average Bonchev–Trinajstić information content (AvgIpc) is 3.09. The number of amides is 1. The van der Waals surface area contributed by atoms with Crippen molar-refractivity contribution < 1.29 is 23.5 Å². The van der Waals surface area contributed by atoms with Crippen LogP contribution in [0.2, 0.25) is 10.0 Å². The van der Waals surface area contributed by atoms with Gasteiger partial charge in [0.2, 0.25) is 0 Å². The summed E-state index contributed by atoms with van der Waals surface area (Å²) in [6, 6.07) is 13.3. The second-order valence-electron chi connectivity index (χ2n) is 8.77. The normalized spacial score (nSPS) is 23.4. The van der Waals surface area contributed by atoms with Crippen LogP contribution in [0.4, 0.5) is 8.78 Å². The van der Waals surface area contributed by atoms with E-state index < -0.39 is 46.9 Å². The molecule has 4 unspecified atom stereocenters. The first kappa shape index (κ1) is 25.6. The zero-order valence-corrected chi connectivity index (χ0v) is 20.7. The number of carboxylic acids is 1. The number of carboxylic acid groups (broad SMARTS) is 1. The topological polar surface area (TPSA) is 81.4 Å². The summed E-state index contributed by atoms with van der Waals surface area (Å²) in [4.78, 5) is 27.5. The van der Waals surface area contributed by atoms with Gasteiger partial charge in [-0.25, -0.2) is 13.6 Å². The number of aliphatic carboxylic acids is 1. The molecule has 0 saturated carbocycles. The van der Waals surface area contributed by atoms with Crippen LogP contribution in [-0.2, 0) is 10.2 Å². The molecule has 4 rings (SSSR count). The zero-order chi connectivity index (χ0) is 26.4. The van der Waals surface area contributed by atoms with Gasteiger partial charge in [-0.1, -0.05) is 59.1 Å². The summed E-state index contributed by atoms with van der Waals surface area (Å²) in [5.74, 6) is -5.48. The Morgan fingerprint density at radius 3 is 2.39 bits per heavy atom. The molecule has 0 radical (unpaired) electrons. The minimum atomic E-state index is -2.00. The number of benzene rings is 3. The number of carbonyl (C=O) groups is 2. The molecule has 1 N–H and O–H groups in total. The molecule has 1 heterocycles. The van der Waals surface area contributed by atoms with E-state index in [1.165, 1.54) is 43.3 Å². The fourth-order valence-electron chi connectivity index (χ4n) is 5.24. The van der Waals surface area contributed by atoms with E-state index in [2.05, 4.69) is 6.07 Å². The Morgan fingerprint density at radius 1 is 1.08 bits per heavy atom. The predicted octanol–water partition coefficient (Wildman–Crippen LogP) is 6.12. The van der Waals surface area contributed by atoms with Crippen molar-refractivity contribution in [3.8, 4) is 6.07 Å². The second-order valence-corrected chi connectivity index (χ2v) is 9.61. The molecule has 4 atom stereocenters. The van der Waals surface area contributed by atoms with E-state index in [0.29, 0.717) is 0 Å². The Labute approximate surface area is 216 Å². The minimum absolute atomic E-state index is 0.0583. The fourth-order valence-corrected chi connectivity index (χ4v) is 5.58. The van der Waals surface area contributed by atoms with Gasteiger partial charge < -0.3 is 10.0 Å². The third-order valence-corrected chi connectivity index (χ3v) is 7.34. The van der Waals surface area contributed by atoms with E-state index in [1.807, 2.05) is 0 Å². The van der Waals surface area contributed by atoms with Crippen LogP contribution in [0.1, 0.15) is 39.9 Å². The highest BCUT2D eigenvalue weighted by molar-refractivity contribution is 6.31. The summed E-state index contributed by atoms with van der Waals surface area (Å²) in [5, 5.41) is 20.7. The van der Waals surface area contributed by atoms with Gasteiger partial charge in [0.1, 0.15) is 23.1 Å².